The molecule has 1 aromatic carbocycles. The summed E-state index contributed by atoms with van der Waals surface area (Å²) >= 11 is 0. The van der Waals surface area contributed by atoms with Crippen molar-refractivity contribution in [2.75, 3.05) is 18.1 Å². The van der Waals surface area contributed by atoms with Crippen molar-refractivity contribution in [3.05, 3.63) is 36.0 Å². The van der Waals surface area contributed by atoms with Gasteiger partial charge in [0.2, 0.25) is 0 Å². The number of carbonyl (C=O) groups is 2. The fourth-order valence-electron chi connectivity index (χ4n) is 2.81. The summed E-state index contributed by atoms with van der Waals surface area (Å²) in [6.07, 6.45) is 2.21. The maximum atomic E-state index is 11.9. The first-order chi connectivity index (χ1) is 11.4. The van der Waals surface area contributed by atoms with Gasteiger partial charge in [0.05, 0.1) is 17.9 Å². The molecule has 0 bridgehead atoms. The lowest BCUT2D eigenvalue weighted by molar-refractivity contribution is -0.148. The van der Waals surface area contributed by atoms with Crippen LogP contribution in [0.2, 0.25) is 0 Å². The van der Waals surface area contributed by atoms with Crippen LogP contribution in [0.1, 0.15) is 12.0 Å². The van der Waals surface area contributed by atoms with Crippen LogP contribution in [0.4, 0.5) is 0 Å². The van der Waals surface area contributed by atoms with Gasteiger partial charge in [0, 0.05) is 23.1 Å². The third kappa shape index (κ3) is 3.94. The van der Waals surface area contributed by atoms with E-state index in [9.17, 15) is 18.0 Å². The van der Waals surface area contributed by atoms with Crippen molar-refractivity contribution in [3.8, 4) is 0 Å². The molecule has 0 spiro atoms. The van der Waals surface area contributed by atoms with Gasteiger partial charge in [-0.3, -0.25) is 9.59 Å². The topological polar surface area (TPSA) is 105 Å². The molecule has 8 heteroatoms. The molecule has 0 saturated carbocycles. The quantitative estimate of drug-likeness (QED) is 0.767. The number of para-hydroxylation sites is 1. The fourth-order valence-corrected chi connectivity index (χ4v) is 4.48. The van der Waals surface area contributed by atoms with Crippen molar-refractivity contribution >= 4 is 32.6 Å². The second-order valence-corrected chi connectivity index (χ2v) is 8.09. The number of aromatic amines is 1. The first kappa shape index (κ1) is 16.5. The van der Waals surface area contributed by atoms with Crippen molar-refractivity contribution in [2.24, 2.45) is 0 Å². The second-order valence-electron chi connectivity index (χ2n) is 5.86. The van der Waals surface area contributed by atoms with E-state index in [1.807, 2.05) is 24.3 Å². The Morgan fingerprint density at radius 1 is 1.29 bits per heavy atom. The Labute approximate surface area is 139 Å². The van der Waals surface area contributed by atoms with E-state index in [0.29, 0.717) is 6.42 Å². The van der Waals surface area contributed by atoms with Crippen LogP contribution < -0.4 is 5.32 Å². The molecule has 2 N–H and O–H groups in total. The van der Waals surface area contributed by atoms with Gasteiger partial charge in [-0.2, -0.15) is 0 Å². The molecule has 2 aromatic rings. The molecule has 1 atom stereocenters. The SMILES string of the molecule is O=C(COC(=O)Cc1c[nH]c2ccccc12)N[C@H]1CCS(=O)(=O)C1. The predicted octanol–water partition coefficient (Wildman–Crippen LogP) is 0.557. The van der Waals surface area contributed by atoms with Crippen LogP contribution in [0.3, 0.4) is 0 Å². The molecule has 1 amide bonds. The van der Waals surface area contributed by atoms with E-state index in [1.54, 1.807) is 6.20 Å². The van der Waals surface area contributed by atoms with Crippen LogP contribution in [0, 0.1) is 0 Å². The minimum absolute atomic E-state index is 0.0535. The number of H-pyrrole nitrogens is 1. The van der Waals surface area contributed by atoms with Crippen LogP contribution in [0.15, 0.2) is 30.5 Å². The average molecular weight is 350 g/mol. The van der Waals surface area contributed by atoms with E-state index in [0.717, 1.165) is 16.5 Å². The van der Waals surface area contributed by atoms with Gasteiger partial charge in [-0.15, -0.1) is 0 Å². The molecule has 0 unspecified atom stereocenters. The molecule has 0 aliphatic carbocycles. The highest BCUT2D eigenvalue weighted by Crippen LogP contribution is 2.18. The maximum absolute atomic E-state index is 11.9. The van der Waals surface area contributed by atoms with Gasteiger partial charge in [-0.05, 0) is 18.1 Å². The van der Waals surface area contributed by atoms with Gasteiger partial charge in [-0.1, -0.05) is 18.2 Å². The van der Waals surface area contributed by atoms with Gasteiger partial charge in [0.15, 0.2) is 16.4 Å². The van der Waals surface area contributed by atoms with Crippen molar-refractivity contribution in [3.63, 3.8) is 0 Å². The fraction of sp³-hybridized carbons (Fsp3) is 0.375. The number of fused-ring (bicyclic) bond motifs is 1. The van der Waals surface area contributed by atoms with Gasteiger partial charge in [0.25, 0.3) is 5.91 Å². The molecule has 128 valence electrons. The lowest BCUT2D eigenvalue weighted by atomic mass is 10.1. The summed E-state index contributed by atoms with van der Waals surface area (Å²) in [5.41, 5.74) is 1.73. The normalized spacial score (nSPS) is 19.2. The number of hydrogen-bond donors (Lipinski definition) is 2. The van der Waals surface area contributed by atoms with Gasteiger partial charge in [0.1, 0.15) is 0 Å². The summed E-state index contributed by atoms with van der Waals surface area (Å²) in [6, 6.07) is 7.20. The smallest absolute Gasteiger partial charge is 0.310 e. The number of sulfone groups is 1. The molecular formula is C16H18N2O5S. The van der Waals surface area contributed by atoms with E-state index in [-0.39, 0.29) is 17.9 Å². The molecule has 7 nitrogen and oxygen atoms in total. The van der Waals surface area contributed by atoms with Crippen molar-refractivity contribution in [2.45, 2.75) is 18.9 Å². The summed E-state index contributed by atoms with van der Waals surface area (Å²) < 4.78 is 27.6. The average Bonchev–Trinajstić information content (AvgIpc) is 3.09. The number of aromatic nitrogens is 1. The zero-order chi connectivity index (χ0) is 17.2. The van der Waals surface area contributed by atoms with E-state index in [2.05, 4.69) is 10.3 Å². The van der Waals surface area contributed by atoms with Crippen molar-refractivity contribution < 1.29 is 22.7 Å². The summed E-state index contributed by atoms with van der Waals surface area (Å²) in [5, 5.41) is 3.52. The molecule has 24 heavy (non-hydrogen) atoms. The standard InChI is InChI=1S/C16H18N2O5S/c19-15(18-12-5-6-24(21,22)10-12)9-23-16(20)7-11-8-17-14-4-2-1-3-13(11)14/h1-4,8,12,17H,5-7,9-10H2,(H,18,19)/t12-/m0/s1. The highest BCUT2D eigenvalue weighted by Gasteiger charge is 2.29. The molecule has 1 fully saturated rings. The second kappa shape index (κ2) is 6.64. The molecule has 1 aliphatic rings. The number of benzene rings is 1. The summed E-state index contributed by atoms with van der Waals surface area (Å²) in [4.78, 5) is 26.7. The number of carbonyl (C=O) groups excluding carboxylic acids is 2. The van der Waals surface area contributed by atoms with Gasteiger partial charge in [-0.25, -0.2) is 8.42 Å². The van der Waals surface area contributed by atoms with E-state index in [4.69, 9.17) is 4.74 Å². The Bertz CT molecular complexity index is 871. The highest BCUT2D eigenvalue weighted by atomic mass is 32.2. The summed E-state index contributed by atoms with van der Waals surface area (Å²) in [6.45, 7) is -0.405. The third-order valence-electron chi connectivity index (χ3n) is 3.97. The Balaban J connectivity index is 1.48. The van der Waals surface area contributed by atoms with E-state index < -0.39 is 34.4 Å². The number of nitrogens with one attached hydrogen (secondary N) is 2. The zero-order valence-electron chi connectivity index (χ0n) is 12.9. The molecule has 3 rings (SSSR count). The van der Waals surface area contributed by atoms with Crippen LogP contribution in [-0.4, -0.2) is 49.4 Å². The molecule has 1 aromatic heterocycles. The number of rotatable bonds is 5. The Hall–Kier alpha value is -2.35. The van der Waals surface area contributed by atoms with Crippen LogP contribution in [0.25, 0.3) is 10.9 Å². The molecule has 1 saturated heterocycles. The Morgan fingerprint density at radius 2 is 2.08 bits per heavy atom. The largest absolute Gasteiger partial charge is 0.455 e. The van der Waals surface area contributed by atoms with Crippen LogP contribution >= 0.6 is 0 Å². The summed E-state index contributed by atoms with van der Waals surface area (Å²) in [5.74, 6) is -0.960. The van der Waals surface area contributed by atoms with Gasteiger partial charge < -0.3 is 15.0 Å². The minimum Gasteiger partial charge on any atom is -0.455 e. The summed E-state index contributed by atoms with van der Waals surface area (Å²) in [7, 11) is -3.05. The minimum atomic E-state index is -3.05. The zero-order valence-corrected chi connectivity index (χ0v) is 13.8. The van der Waals surface area contributed by atoms with E-state index >= 15 is 0 Å². The van der Waals surface area contributed by atoms with E-state index in [1.165, 1.54) is 0 Å². The monoisotopic (exact) mass is 350 g/mol. The number of amides is 1. The highest BCUT2D eigenvalue weighted by molar-refractivity contribution is 7.91. The lowest BCUT2D eigenvalue weighted by Crippen LogP contribution is -2.38. The van der Waals surface area contributed by atoms with Crippen molar-refractivity contribution in [1.82, 2.24) is 10.3 Å². The first-order valence-corrected chi connectivity index (χ1v) is 9.45. The number of ether oxygens (including phenoxy) is 1. The van der Waals surface area contributed by atoms with Crippen LogP contribution in [0.5, 0.6) is 0 Å². The molecule has 0 radical (unpaired) electrons. The Kier molecular flexibility index (Phi) is 4.57. The first-order valence-electron chi connectivity index (χ1n) is 7.63. The predicted molar refractivity (Wildman–Crippen MR) is 88.2 cm³/mol. The maximum Gasteiger partial charge on any atom is 0.310 e. The number of esters is 1. The lowest BCUT2D eigenvalue weighted by Gasteiger charge is -2.10. The van der Waals surface area contributed by atoms with Crippen molar-refractivity contribution in [1.29, 1.82) is 0 Å². The third-order valence-corrected chi connectivity index (χ3v) is 5.74. The number of hydrogen-bond acceptors (Lipinski definition) is 5. The van der Waals surface area contributed by atoms with Gasteiger partial charge >= 0.3 is 5.97 Å². The van der Waals surface area contributed by atoms with Crippen LogP contribution in [-0.2, 0) is 30.6 Å². The molecule has 2 heterocycles. The molecular weight excluding hydrogens is 332 g/mol. The molecule has 1 aliphatic heterocycles. The Morgan fingerprint density at radius 3 is 2.83 bits per heavy atom.